The van der Waals surface area contributed by atoms with Crippen LogP contribution in [0.2, 0.25) is 0 Å². The van der Waals surface area contributed by atoms with Gasteiger partial charge < -0.3 is 15.0 Å². The molecule has 0 fully saturated rings. The van der Waals surface area contributed by atoms with Gasteiger partial charge in [0.25, 0.3) is 5.91 Å². The van der Waals surface area contributed by atoms with Gasteiger partial charge in [0, 0.05) is 30.8 Å². The first-order chi connectivity index (χ1) is 13.4. The Hall–Kier alpha value is -3.15. The molecule has 1 aliphatic rings. The Morgan fingerprint density at radius 3 is 2.57 bits per heavy atom. The second kappa shape index (κ2) is 8.25. The molecular formula is C22H24N2O4. The zero-order chi connectivity index (χ0) is 20.3. The number of carbonyl (C=O) groups excluding carboxylic acids is 3. The normalized spacial score (nSPS) is 13.1. The van der Waals surface area contributed by atoms with Crippen molar-refractivity contribution in [3.63, 3.8) is 0 Å². The van der Waals surface area contributed by atoms with Crippen LogP contribution in [-0.2, 0) is 16.0 Å². The molecule has 0 saturated carbocycles. The molecule has 2 aromatic carbocycles. The third-order valence-electron chi connectivity index (χ3n) is 4.61. The van der Waals surface area contributed by atoms with Crippen LogP contribution in [0.1, 0.15) is 43.1 Å². The van der Waals surface area contributed by atoms with E-state index in [4.69, 9.17) is 4.74 Å². The third kappa shape index (κ3) is 4.22. The Morgan fingerprint density at radius 1 is 1.11 bits per heavy atom. The van der Waals surface area contributed by atoms with E-state index in [9.17, 15) is 14.4 Å². The molecule has 1 heterocycles. The average Bonchev–Trinajstić information content (AvgIpc) is 2.66. The fraction of sp³-hybridized carbons (Fsp3) is 0.318. The number of carbonyl (C=O) groups is 3. The van der Waals surface area contributed by atoms with E-state index in [1.54, 1.807) is 29.2 Å². The van der Waals surface area contributed by atoms with E-state index in [-0.39, 0.29) is 29.0 Å². The van der Waals surface area contributed by atoms with Crippen molar-refractivity contribution in [3.05, 3.63) is 53.6 Å². The Labute approximate surface area is 164 Å². The minimum absolute atomic E-state index is 0.0737. The molecule has 28 heavy (non-hydrogen) atoms. The molecule has 0 atom stereocenters. The van der Waals surface area contributed by atoms with Gasteiger partial charge in [-0.3, -0.25) is 14.4 Å². The van der Waals surface area contributed by atoms with E-state index in [1.165, 1.54) is 6.92 Å². The molecule has 146 valence electrons. The number of esters is 1. The fourth-order valence-electron chi connectivity index (χ4n) is 3.29. The SMILES string of the molecule is CC(=O)Oc1ccccc1C(=O)Nc1ccc2c(c1)N(C(=O)C(C)C)CCC2. The summed E-state index contributed by atoms with van der Waals surface area (Å²) in [5, 5.41) is 2.84. The maximum atomic E-state index is 12.7. The maximum absolute atomic E-state index is 12.7. The van der Waals surface area contributed by atoms with Crippen molar-refractivity contribution in [1.82, 2.24) is 0 Å². The van der Waals surface area contributed by atoms with Gasteiger partial charge >= 0.3 is 5.97 Å². The highest BCUT2D eigenvalue weighted by Gasteiger charge is 2.25. The Balaban J connectivity index is 1.86. The first-order valence-corrected chi connectivity index (χ1v) is 9.40. The number of rotatable bonds is 4. The molecule has 1 N–H and O–H groups in total. The first-order valence-electron chi connectivity index (χ1n) is 9.40. The van der Waals surface area contributed by atoms with Crippen LogP contribution in [-0.4, -0.2) is 24.3 Å². The van der Waals surface area contributed by atoms with E-state index >= 15 is 0 Å². The number of nitrogens with zero attached hydrogens (tertiary/aromatic N) is 1. The number of nitrogens with one attached hydrogen (secondary N) is 1. The van der Waals surface area contributed by atoms with Gasteiger partial charge in [-0.25, -0.2) is 0 Å². The summed E-state index contributed by atoms with van der Waals surface area (Å²) in [4.78, 5) is 38.3. The summed E-state index contributed by atoms with van der Waals surface area (Å²) in [6.07, 6.45) is 1.83. The lowest BCUT2D eigenvalue weighted by Gasteiger charge is -2.31. The quantitative estimate of drug-likeness (QED) is 0.647. The second-order valence-corrected chi connectivity index (χ2v) is 7.14. The van der Waals surface area contributed by atoms with Gasteiger partial charge in [-0.2, -0.15) is 0 Å². The van der Waals surface area contributed by atoms with Crippen LogP contribution in [0, 0.1) is 5.92 Å². The highest BCUT2D eigenvalue weighted by Crippen LogP contribution is 2.31. The van der Waals surface area contributed by atoms with E-state index in [1.807, 2.05) is 32.0 Å². The number of hydrogen-bond acceptors (Lipinski definition) is 4. The monoisotopic (exact) mass is 380 g/mol. The van der Waals surface area contributed by atoms with Gasteiger partial charge in [-0.15, -0.1) is 0 Å². The molecule has 2 amide bonds. The number of amides is 2. The van der Waals surface area contributed by atoms with Gasteiger partial charge in [-0.05, 0) is 42.7 Å². The number of anilines is 2. The van der Waals surface area contributed by atoms with Crippen LogP contribution < -0.4 is 15.0 Å². The zero-order valence-electron chi connectivity index (χ0n) is 16.3. The van der Waals surface area contributed by atoms with E-state index < -0.39 is 5.97 Å². The predicted octanol–water partition coefficient (Wildman–Crippen LogP) is 3.80. The van der Waals surface area contributed by atoms with Crippen LogP contribution in [0.4, 0.5) is 11.4 Å². The molecule has 0 unspecified atom stereocenters. The molecule has 0 bridgehead atoms. The first kappa shape index (κ1) is 19.6. The van der Waals surface area contributed by atoms with E-state index in [0.717, 1.165) is 24.1 Å². The van der Waals surface area contributed by atoms with Gasteiger partial charge in [0.1, 0.15) is 5.75 Å². The predicted molar refractivity (Wildman–Crippen MR) is 108 cm³/mol. The van der Waals surface area contributed by atoms with Crippen LogP contribution in [0.5, 0.6) is 5.75 Å². The largest absolute Gasteiger partial charge is 0.426 e. The highest BCUT2D eigenvalue weighted by atomic mass is 16.5. The van der Waals surface area contributed by atoms with Crippen molar-refractivity contribution < 1.29 is 19.1 Å². The van der Waals surface area contributed by atoms with E-state index in [0.29, 0.717) is 12.2 Å². The molecule has 0 spiro atoms. The highest BCUT2D eigenvalue weighted by molar-refractivity contribution is 6.07. The Morgan fingerprint density at radius 2 is 1.86 bits per heavy atom. The van der Waals surface area contributed by atoms with Crippen LogP contribution in [0.3, 0.4) is 0 Å². The number of aryl methyl sites for hydroxylation is 1. The van der Waals surface area contributed by atoms with Gasteiger partial charge in [-0.1, -0.05) is 32.0 Å². The van der Waals surface area contributed by atoms with Crippen LogP contribution in [0.25, 0.3) is 0 Å². The maximum Gasteiger partial charge on any atom is 0.308 e. The van der Waals surface area contributed by atoms with E-state index in [2.05, 4.69) is 5.32 Å². The summed E-state index contributed by atoms with van der Waals surface area (Å²) >= 11 is 0. The minimum atomic E-state index is -0.489. The van der Waals surface area contributed by atoms with Crippen molar-refractivity contribution in [3.8, 4) is 5.75 Å². The molecule has 0 radical (unpaired) electrons. The van der Waals surface area contributed by atoms with Gasteiger partial charge in [0.05, 0.1) is 5.56 Å². The van der Waals surface area contributed by atoms with Crippen LogP contribution in [0.15, 0.2) is 42.5 Å². The summed E-state index contributed by atoms with van der Waals surface area (Å²) in [6.45, 7) is 5.73. The van der Waals surface area contributed by atoms with Gasteiger partial charge in [0.2, 0.25) is 5.91 Å². The van der Waals surface area contributed by atoms with Crippen molar-refractivity contribution in [2.24, 2.45) is 5.92 Å². The topological polar surface area (TPSA) is 75.7 Å². The molecule has 0 aromatic heterocycles. The van der Waals surface area contributed by atoms with Crippen molar-refractivity contribution in [2.75, 3.05) is 16.8 Å². The minimum Gasteiger partial charge on any atom is -0.426 e. The number of para-hydroxylation sites is 1. The fourth-order valence-corrected chi connectivity index (χ4v) is 3.29. The third-order valence-corrected chi connectivity index (χ3v) is 4.61. The number of ether oxygens (including phenoxy) is 1. The van der Waals surface area contributed by atoms with Crippen molar-refractivity contribution in [2.45, 2.75) is 33.6 Å². The lowest BCUT2D eigenvalue weighted by molar-refractivity contribution is -0.131. The summed E-state index contributed by atoms with van der Waals surface area (Å²) in [6, 6.07) is 12.2. The number of benzene rings is 2. The summed E-state index contributed by atoms with van der Waals surface area (Å²) in [7, 11) is 0. The van der Waals surface area contributed by atoms with Crippen molar-refractivity contribution >= 4 is 29.2 Å². The standard InChI is InChI=1S/C22H24N2O4/c1-14(2)22(27)24-12-6-7-16-10-11-17(13-19(16)24)23-21(26)18-8-4-5-9-20(18)28-15(3)25/h4-5,8-11,13-14H,6-7,12H2,1-3H3,(H,23,26). The lowest BCUT2D eigenvalue weighted by atomic mass is 9.99. The van der Waals surface area contributed by atoms with Crippen molar-refractivity contribution in [1.29, 1.82) is 0 Å². The molecule has 0 aliphatic carbocycles. The molecule has 3 rings (SSSR count). The summed E-state index contributed by atoms with van der Waals surface area (Å²) in [5.41, 5.74) is 2.80. The number of hydrogen-bond donors (Lipinski definition) is 1. The zero-order valence-corrected chi connectivity index (χ0v) is 16.3. The Bertz CT molecular complexity index is 921. The van der Waals surface area contributed by atoms with Crippen LogP contribution >= 0.6 is 0 Å². The summed E-state index contributed by atoms with van der Waals surface area (Å²) in [5.74, 6) is -0.683. The molecule has 0 saturated heterocycles. The molecular weight excluding hydrogens is 356 g/mol. The molecule has 6 heteroatoms. The average molecular weight is 380 g/mol. The molecule has 6 nitrogen and oxygen atoms in total. The van der Waals surface area contributed by atoms with Gasteiger partial charge in [0.15, 0.2) is 0 Å². The second-order valence-electron chi connectivity index (χ2n) is 7.14. The lowest BCUT2D eigenvalue weighted by Crippen LogP contribution is -2.38. The number of fused-ring (bicyclic) bond motifs is 1. The summed E-state index contributed by atoms with van der Waals surface area (Å²) < 4.78 is 5.12. The smallest absolute Gasteiger partial charge is 0.308 e. The Kier molecular flexibility index (Phi) is 5.78. The molecule has 2 aromatic rings. The molecule has 1 aliphatic heterocycles.